The molecule has 0 aliphatic heterocycles. The molecule has 1 unspecified atom stereocenters. The van der Waals surface area contributed by atoms with E-state index in [1.807, 2.05) is 6.92 Å². The molecule has 0 aromatic heterocycles. The minimum absolute atomic E-state index is 0. The Morgan fingerprint density at radius 1 is 1.44 bits per heavy atom. The van der Waals surface area contributed by atoms with Crippen molar-refractivity contribution < 1.29 is 4.79 Å². The second-order valence-electron chi connectivity index (χ2n) is 4.98. The van der Waals surface area contributed by atoms with Crippen LogP contribution in [-0.2, 0) is 0 Å². The molecule has 1 atom stereocenters. The van der Waals surface area contributed by atoms with Crippen molar-refractivity contribution in [2.75, 3.05) is 0 Å². The Hall–Kier alpha value is -0.570. The Morgan fingerprint density at radius 2 is 2.06 bits per heavy atom. The summed E-state index contributed by atoms with van der Waals surface area (Å²) < 4.78 is 0. The number of nitrogens with one attached hydrogen (secondary N) is 1. The van der Waals surface area contributed by atoms with Crippen molar-refractivity contribution in [1.82, 2.24) is 5.32 Å². The first-order valence-corrected chi connectivity index (χ1v) is 6.31. The van der Waals surface area contributed by atoms with Crippen molar-refractivity contribution in [3.05, 3.63) is 34.9 Å². The topological polar surface area (TPSA) is 29.1 Å². The van der Waals surface area contributed by atoms with Crippen LogP contribution in [0.5, 0.6) is 0 Å². The first-order valence-electron chi connectivity index (χ1n) is 5.93. The Kier molecular flexibility index (Phi) is 6.90. The predicted molar refractivity (Wildman–Crippen MR) is 80.0 cm³/mol. The van der Waals surface area contributed by atoms with Gasteiger partial charge >= 0.3 is 0 Å². The van der Waals surface area contributed by atoms with E-state index in [0.29, 0.717) is 10.6 Å². The van der Waals surface area contributed by atoms with Crippen LogP contribution in [0.25, 0.3) is 0 Å². The van der Waals surface area contributed by atoms with Crippen molar-refractivity contribution in [3.63, 3.8) is 0 Å². The van der Waals surface area contributed by atoms with E-state index in [2.05, 4.69) is 26.1 Å². The first kappa shape index (κ1) is 17.4. The normalized spacial score (nSPS) is 12.7. The highest BCUT2D eigenvalue weighted by atomic mass is 35.5. The van der Waals surface area contributed by atoms with Crippen LogP contribution in [0, 0.1) is 0 Å². The zero-order chi connectivity index (χ0) is 13.1. The number of carbonyl (C=O) groups excluding carboxylic acids is 1. The molecule has 4 heteroatoms. The molecule has 102 valence electrons. The number of Topliss-reactive ketones (excluding diaryl/α,β-unsaturated/α-hetero) is 1. The van der Waals surface area contributed by atoms with Crippen molar-refractivity contribution in [3.8, 4) is 0 Å². The van der Waals surface area contributed by atoms with Gasteiger partial charge in [-0.15, -0.1) is 12.4 Å². The van der Waals surface area contributed by atoms with E-state index in [9.17, 15) is 4.79 Å². The van der Waals surface area contributed by atoms with Crippen molar-refractivity contribution in [2.24, 2.45) is 0 Å². The zero-order valence-electron chi connectivity index (χ0n) is 11.3. The summed E-state index contributed by atoms with van der Waals surface area (Å²) in [5.74, 6) is 0.0778. The largest absolute Gasteiger partial charge is 0.302 e. The minimum atomic E-state index is -0.205. The van der Waals surface area contributed by atoms with Crippen LogP contribution in [-0.4, -0.2) is 17.4 Å². The minimum Gasteiger partial charge on any atom is -0.302 e. The number of ketones is 1. The van der Waals surface area contributed by atoms with Gasteiger partial charge in [-0.3, -0.25) is 4.79 Å². The van der Waals surface area contributed by atoms with E-state index in [1.54, 1.807) is 24.3 Å². The second-order valence-corrected chi connectivity index (χ2v) is 5.41. The van der Waals surface area contributed by atoms with E-state index >= 15 is 0 Å². The van der Waals surface area contributed by atoms with Crippen LogP contribution in [0.3, 0.4) is 0 Å². The van der Waals surface area contributed by atoms with E-state index in [-0.39, 0.29) is 29.8 Å². The summed E-state index contributed by atoms with van der Waals surface area (Å²) in [6.07, 6.45) is 0.972. The summed E-state index contributed by atoms with van der Waals surface area (Å²) in [7, 11) is 0. The molecule has 0 saturated carbocycles. The first-order chi connectivity index (χ1) is 7.85. The summed E-state index contributed by atoms with van der Waals surface area (Å²) in [6.45, 7) is 8.17. The highest BCUT2D eigenvalue weighted by Gasteiger charge is 2.22. The average Bonchev–Trinajstić information content (AvgIpc) is 2.27. The molecule has 1 aromatic carbocycles. The molecule has 0 saturated heterocycles. The third-order valence-electron chi connectivity index (χ3n) is 2.99. The highest BCUT2D eigenvalue weighted by Crippen LogP contribution is 2.14. The SMILES string of the molecule is CCC(C)(C)NC(C)C(=O)c1cccc(Cl)c1.Cl. The molecule has 2 nitrogen and oxygen atoms in total. The average molecular weight is 290 g/mol. The maximum absolute atomic E-state index is 12.2. The summed E-state index contributed by atoms with van der Waals surface area (Å²) in [4.78, 5) is 12.2. The second kappa shape index (κ2) is 7.13. The lowest BCUT2D eigenvalue weighted by Crippen LogP contribution is -2.47. The zero-order valence-corrected chi connectivity index (χ0v) is 12.9. The summed E-state index contributed by atoms with van der Waals surface area (Å²) >= 11 is 5.88. The number of hydrogen-bond donors (Lipinski definition) is 1. The molecule has 0 amide bonds. The molecule has 1 aromatic rings. The molecule has 1 N–H and O–H groups in total. The molecule has 0 fully saturated rings. The molecule has 0 bridgehead atoms. The van der Waals surface area contributed by atoms with Crippen molar-refractivity contribution >= 4 is 29.8 Å². The van der Waals surface area contributed by atoms with Gasteiger partial charge in [0.15, 0.2) is 5.78 Å². The molecule has 0 aliphatic rings. The van der Waals surface area contributed by atoms with Gasteiger partial charge in [0.05, 0.1) is 6.04 Å². The Labute approximate surface area is 121 Å². The number of rotatable bonds is 5. The van der Waals surface area contributed by atoms with Crippen LogP contribution in [0.15, 0.2) is 24.3 Å². The van der Waals surface area contributed by atoms with E-state index < -0.39 is 0 Å². The van der Waals surface area contributed by atoms with Crippen LogP contribution in [0.2, 0.25) is 5.02 Å². The van der Waals surface area contributed by atoms with Gasteiger partial charge in [0.25, 0.3) is 0 Å². The predicted octanol–water partition coefficient (Wildman–Crippen LogP) is 4.11. The smallest absolute Gasteiger partial charge is 0.179 e. The summed E-state index contributed by atoms with van der Waals surface area (Å²) in [5, 5.41) is 3.93. The van der Waals surface area contributed by atoms with Gasteiger partial charge in [0.2, 0.25) is 0 Å². The maximum atomic E-state index is 12.2. The monoisotopic (exact) mass is 289 g/mol. The number of benzene rings is 1. The van der Waals surface area contributed by atoms with Gasteiger partial charge < -0.3 is 5.32 Å². The molecule has 1 rings (SSSR count). The standard InChI is InChI=1S/C14H20ClNO.ClH/c1-5-14(3,4)16-10(2)13(17)11-7-6-8-12(15)9-11;/h6-10,16H,5H2,1-4H3;1H. The summed E-state index contributed by atoms with van der Waals surface area (Å²) in [6, 6.07) is 6.87. The lowest BCUT2D eigenvalue weighted by atomic mass is 9.98. The lowest BCUT2D eigenvalue weighted by Gasteiger charge is -2.28. The van der Waals surface area contributed by atoms with Gasteiger partial charge in [0, 0.05) is 16.1 Å². The van der Waals surface area contributed by atoms with Crippen LogP contribution >= 0.6 is 24.0 Å². The number of hydrogen-bond acceptors (Lipinski definition) is 2. The molecule has 0 aliphatic carbocycles. The quantitative estimate of drug-likeness (QED) is 0.827. The lowest BCUT2D eigenvalue weighted by molar-refractivity contribution is 0.0932. The fraction of sp³-hybridized carbons (Fsp3) is 0.500. The van der Waals surface area contributed by atoms with Crippen molar-refractivity contribution in [2.45, 2.75) is 45.7 Å². The van der Waals surface area contributed by atoms with Crippen LogP contribution in [0.4, 0.5) is 0 Å². The van der Waals surface area contributed by atoms with Gasteiger partial charge in [-0.1, -0.05) is 30.7 Å². The molecule has 0 radical (unpaired) electrons. The molecular weight excluding hydrogens is 269 g/mol. The van der Waals surface area contributed by atoms with E-state index in [1.165, 1.54) is 0 Å². The van der Waals surface area contributed by atoms with Crippen molar-refractivity contribution in [1.29, 1.82) is 0 Å². The van der Waals surface area contributed by atoms with Crippen LogP contribution < -0.4 is 5.32 Å². The van der Waals surface area contributed by atoms with Crippen LogP contribution in [0.1, 0.15) is 44.5 Å². The van der Waals surface area contributed by atoms with Gasteiger partial charge in [-0.25, -0.2) is 0 Å². The van der Waals surface area contributed by atoms with E-state index in [0.717, 1.165) is 6.42 Å². The van der Waals surface area contributed by atoms with Gasteiger partial charge in [-0.05, 0) is 39.3 Å². The molecule has 0 heterocycles. The number of carbonyl (C=O) groups is 1. The third-order valence-corrected chi connectivity index (χ3v) is 3.23. The Bertz CT molecular complexity index is 405. The molecule has 0 spiro atoms. The Morgan fingerprint density at radius 3 is 2.56 bits per heavy atom. The maximum Gasteiger partial charge on any atom is 0.179 e. The Balaban J connectivity index is 0.00000289. The fourth-order valence-corrected chi connectivity index (χ4v) is 1.84. The third kappa shape index (κ3) is 4.97. The summed E-state index contributed by atoms with van der Waals surface area (Å²) in [5.41, 5.74) is 0.623. The number of halogens is 2. The molecule has 18 heavy (non-hydrogen) atoms. The van der Waals surface area contributed by atoms with Gasteiger partial charge in [0.1, 0.15) is 0 Å². The van der Waals surface area contributed by atoms with E-state index in [4.69, 9.17) is 11.6 Å². The van der Waals surface area contributed by atoms with Gasteiger partial charge in [-0.2, -0.15) is 0 Å². The fourth-order valence-electron chi connectivity index (χ4n) is 1.65. The molecular formula is C14H21Cl2NO. The highest BCUT2D eigenvalue weighted by molar-refractivity contribution is 6.31.